The third kappa shape index (κ3) is 3.31. The van der Waals surface area contributed by atoms with E-state index in [9.17, 15) is 4.79 Å². The number of carbonyl (C=O) groups is 1. The lowest BCUT2D eigenvalue weighted by Gasteiger charge is -2.01. The Bertz CT molecular complexity index is 1100. The first-order chi connectivity index (χ1) is 12.6. The standard InChI is InChI=1S/C19H13Cl2N3O2/c20-12-5-8-18-23-13(11-24(18)10-12)9-22-19(25)17-7-6-16(26-17)14-3-1-2-4-15(14)21/h1-8,10-11H,9H2,(H,22,25). The molecule has 0 saturated carbocycles. The highest BCUT2D eigenvalue weighted by Gasteiger charge is 2.14. The van der Waals surface area contributed by atoms with Gasteiger partial charge in [-0.3, -0.25) is 4.79 Å². The predicted molar refractivity (Wildman–Crippen MR) is 101 cm³/mol. The number of pyridine rings is 1. The molecule has 0 aliphatic carbocycles. The number of nitrogens with zero attached hydrogens (tertiary/aromatic N) is 2. The van der Waals surface area contributed by atoms with Gasteiger partial charge in [-0.25, -0.2) is 4.98 Å². The fourth-order valence-corrected chi connectivity index (χ4v) is 3.02. The number of carbonyl (C=O) groups excluding carboxylic acids is 1. The summed E-state index contributed by atoms with van der Waals surface area (Å²) in [4.78, 5) is 16.7. The minimum Gasteiger partial charge on any atom is -0.451 e. The second kappa shape index (κ2) is 6.86. The highest BCUT2D eigenvalue weighted by molar-refractivity contribution is 6.33. The number of benzene rings is 1. The molecule has 3 heterocycles. The van der Waals surface area contributed by atoms with Crippen LogP contribution in [0, 0.1) is 0 Å². The smallest absolute Gasteiger partial charge is 0.287 e. The first-order valence-electron chi connectivity index (χ1n) is 7.86. The molecular formula is C19H13Cl2N3O2. The molecule has 0 aliphatic heterocycles. The van der Waals surface area contributed by atoms with Crippen LogP contribution in [0.2, 0.25) is 10.0 Å². The van der Waals surface area contributed by atoms with Gasteiger partial charge in [0, 0.05) is 18.0 Å². The van der Waals surface area contributed by atoms with Gasteiger partial charge in [-0.15, -0.1) is 0 Å². The third-order valence-electron chi connectivity index (χ3n) is 3.86. The Morgan fingerprint density at radius 1 is 1.08 bits per heavy atom. The lowest BCUT2D eigenvalue weighted by atomic mass is 10.2. The van der Waals surface area contributed by atoms with Crippen LogP contribution in [0.3, 0.4) is 0 Å². The number of halogens is 2. The topological polar surface area (TPSA) is 59.5 Å². The van der Waals surface area contributed by atoms with E-state index in [4.69, 9.17) is 27.6 Å². The van der Waals surface area contributed by atoms with Crippen molar-refractivity contribution in [2.75, 3.05) is 0 Å². The Morgan fingerprint density at radius 3 is 2.77 bits per heavy atom. The molecule has 4 rings (SSSR count). The van der Waals surface area contributed by atoms with Crippen LogP contribution in [0.25, 0.3) is 17.0 Å². The van der Waals surface area contributed by atoms with Crippen LogP contribution < -0.4 is 5.32 Å². The Kier molecular flexibility index (Phi) is 4.41. The minimum atomic E-state index is -0.321. The predicted octanol–water partition coefficient (Wildman–Crippen LogP) is 4.83. The lowest BCUT2D eigenvalue weighted by molar-refractivity contribution is 0.0923. The van der Waals surface area contributed by atoms with Crippen molar-refractivity contribution in [3.05, 3.63) is 82.4 Å². The summed E-state index contributed by atoms with van der Waals surface area (Å²) in [5.74, 6) is 0.438. The van der Waals surface area contributed by atoms with Crippen molar-refractivity contribution in [1.29, 1.82) is 0 Å². The number of hydrogen-bond donors (Lipinski definition) is 1. The maximum atomic E-state index is 12.3. The molecule has 0 bridgehead atoms. The van der Waals surface area contributed by atoms with Crippen LogP contribution in [0.4, 0.5) is 0 Å². The molecule has 3 aromatic heterocycles. The average molecular weight is 386 g/mol. The van der Waals surface area contributed by atoms with Gasteiger partial charge in [-0.1, -0.05) is 35.3 Å². The van der Waals surface area contributed by atoms with E-state index in [1.165, 1.54) is 0 Å². The van der Waals surface area contributed by atoms with Crippen molar-refractivity contribution >= 4 is 34.8 Å². The quantitative estimate of drug-likeness (QED) is 0.547. The molecule has 7 heteroatoms. The Labute approximate surface area is 159 Å². The SMILES string of the molecule is O=C(NCc1cn2cc(Cl)ccc2n1)c1ccc(-c2ccccc2Cl)o1. The van der Waals surface area contributed by atoms with E-state index in [0.717, 1.165) is 16.9 Å². The van der Waals surface area contributed by atoms with Gasteiger partial charge >= 0.3 is 0 Å². The zero-order valence-electron chi connectivity index (χ0n) is 13.4. The minimum absolute atomic E-state index is 0.215. The molecule has 0 fully saturated rings. The molecule has 1 amide bonds. The summed E-state index contributed by atoms with van der Waals surface area (Å²) in [6, 6.07) is 14.2. The van der Waals surface area contributed by atoms with Gasteiger partial charge in [0.2, 0.25) is 0 Å². The number of nitrogens with one attached hydrogen (secondary N) is 1. The molecule has 0 unspecified atom stereocenters. The molecular weight excluding hydrogens is 373 g/mol. The summed E-state index contributed by atoms with van der Waals surface area (Å²) in [6.45, 7) is 0.278. The second-order valence-electron chi connectivity index (χ2n) is 5.67. The number of rotatable bonds is 4. The molecule has 1 N–H and O–H groups in total. The van der Waals surface area contributed by atoms with Crippen LogP contribution >= 0.6 is 23.2 Å². The van der Waals surface area contributed by atoms with Gasteiger partial charge in [0.15, 0.2) is 5.76 Å². The molecule has 0 saturated heterocycles. The van der Waals surface area contributed by atoms with Crippen LogP contribution in [0.15, 0.2) is 65.3 Å². The summed E-state index contributed by atoms with van der Waals surface area (Å²) in [7, 11) is 0. The largest absolute Gasteiger partial charge is 0.451 e. The number of amides is 1. The van der Waals surface area contributed by atoms with E-state index in [1.54, 1.807) is 30.5 Å². The highest BCUT2D eigenvalue weighted by Crippen LogP contribution is 2.29. The highest BCUT2D eigenvalue weighted by atomic mass is 35.5. The normalized spacial score (nSPS) is 11.0. The molecule has 1 aromatic carbocycles. The van der Waals surface area contributed by atoms with Gasteiger partial charge in [-0.05, 0) is 36.4 Å². The zero-order valence-corrected chi connectivity index (χ0v) is 15.0. The average Bonchev–Trinajstić information content (AvgIpc) is 3.26. The fourth-order valence-electron chi connectivity index (χ4n) is 2.63. The van der Waals surface area contributed by atoms with E-state index >= 15 is 0 Å². The van der Waals surface area contributed by atoms with E-state index in [0.29, 0.717) is 15.8 Å². The number of imidazole rings is 1. The van der Waals surface area contributed by atoms with Gasteiger partial charge in [0.05, 0.1) is 22.3 Å². The molecule has 0 radical (unpaired) electrons. The summed E-state index contributed by atoms with van der Waals surface area (Å²) in [5, 5.41) is 3.98. The van der Waals surface area contributed by atoms with E-state index in [-0.39, 0.29) is 18.2 Å². The Morgan fingerprint density at radius 2 is 1.92 bits per heavy atom. The number of fused-ring (bicyclic) bond motifs is 1. The fraction of sp³-hybridized carbons (Fsp3) is 0.0526. The van der Waals surface area contributed by atoms with Crippen molar-refractivity contribution in [1.82, 2.24) is 14.7 Å². The molecule has 130 valence electrons. The first-order valence-corrected chi connectivity index (χ1v) is 8.62. The molecule has 26 heavy (non-hydrogen) atoms. The van der Waals surface area contributed by atoms with E-state index in [2.05, 4.69) is 10.3 Å². The molecule has 0 atom stereocenters. The zero-order chi connectivity index (χ0) is 18.1. The van der Waals surface area contributed by atoms with Gasteiger partial charge < -0.3 is 14.1 Å². The van der Waals surface area contributed by atoms with E-state index < -0.39 is 0 Å². The second-order valence-corrected chi connectivity index (χ2v) is 6.52. The van der Waals surface area contributed by atoms with Crippen LogP contribution in [0.1, 0.15) is 16.2 Å². The summed E-state index contributed by atoms with van der Waals surface area (Å²) < 4.78 is 7.45. The number of hydrogen-bond acceptors (Lipinski definition) is 3. The van der Waals surface area contributed by atoms with Crippen LogP contribution in [-0.2, 0) is 6.54 Å². The van der Waals surface area contributed by atoms with Crippen LogP contribution in [0.5, 0.6) is 0 Å². The van der Waals surface area contributed by atoms with Gasteiger partial charge in [-0.2, -0.15) is 0 Å². The van der Waals surface area contributed by atoms with E-state index in [1.807, 2.05) is 34.9 Å². The summed E-state index contributed by atoms with van der Waals surface area (Å²) >= 11 is 12.1. The molecule has 5 nitrogen and oxygen atoms in total. The molecule has 4 aromatic rings. The van der Waals surface area contributed by atoms with Gasteiger partial charge in [0.25, 0.3) is 5.91 Å². The van der Waals surface area contributed by atoms with Crippen molar-refractivity contribution in [2.45, 2.75) is 6.54 Å². The van der Waals surface area contributed by atoms with Crippen molar-refractivity contribution in [3.63, 3.8) is 0 Å². The summed E-state index contributed by atoms with van der Waals surface area (Å²) in [5.41, 5.74) is 2.22. The summed E-state index contributed by atoms with van der Waals surface area (Å²) in [6.07, 6.45) is 3.58. The first kappa shape index (κ1) is 16.7. The maximum Gasteiger partial charge on any atom is 0.287 e. The Hall–Kier alpha value is -2.76. The number of aromatic nitrogens is 2. The van der Waals surface area contributed by atoms with Crippen molar-refractivity contribution in [3.8, 4) is 11.3 Å². The Balaban J connectivity index is 1.47. The third-order valence-corrected chi connectivity index (χ3v) is 4.42. The van der Waals surface area contributed by atoms with Crippen LogP contribution in [-0.4, -0.2) is 15.3 Å². The molecule has 0 aliphatic rings. The monoisotopic (exact) mass is 385 g/mol. The lowest BCUT2D eigenvalue weighted by Crippen LogP contribution is -2.22. The van der Waals surface area contributed by atoms with Gasteiger partial charge in [0.1, 0.15) is 11.4 Å². The number of furan rings is 1. The van der Waals surface area contributed by atoms with Crippen molar-refractivity contribution < 1.29 is 9.21 Å². The maximum absolute atomic E-state index is 12.3. The van der Waals surface area contributed by atoms with Crippen molar-refractivity contribution in [2.24, 2.45) is 0 Å². The molecule has 0 spiro atoms.